The Morgan fingerprint density at radius 1 is 1.53 bits per heavy atom. The molecule has 1 aliphatic rings. The largest absolute Gasteiger partial charge is 0.469 e. The van der Waals surface area contributed by atoms with Gasteiger partial charge in [-0.15, -0.1) is 0 Å². The van der Waals surface area contributed by atoms with Crippen molar-refractivity contribution in [2.45, 2.75) is 25.3 Å². The predicted octanol–water partition coefficient (Wildman–Crippen LogP) is 0.494. The summed E-state index contributed by atoms with van der Waals surface area (Å²) in [5.41, 5.74) is 0. The van der Waals surface area contributed by atoms with Crippen molar-refractivity contribution >= 4 is 10.0 Å². The van der Waals surface area contributed by atoms with E-state index in [2.05, 4.69) is 10.0 Å². The van der Waals surface area contributed by atoms with Crippen molar-refractivity contribution in [3.63, 3.8) is 0 Å². The second-order valence-corrected chi connectivity index (χ2v) is 6.15. The van der Waals surface area contributed by atoms with Gasteiger partial charge in [0.15, 0.2) is 0 Å². The van der Waals surface area contributed by atoms with E-state index in [1.165, 1.54) is 0 Å². The number of sulfonamides is 1. The van der Waals surface area contributed by atoms with E-state index < -0.39 is 10.0 Å². The summed E-state index contributed by atoms with van der Waals surface area (Å²) in [6.07, 6.45) is 4.18. The van der Waals surface area contributed by atoms with Crippen molar-refractivity contribution in [1.29, 1.82) is 0 Å². The molecule has 1 atom stereocenters. The molecular weight excluding hydrogens is 240 g/mol. The maximum atomic E-state index is 11.7. The summed E-state index contributed by atoms with van der Waals surface area (Å²) in [4.78, 5) is 0. The van der Waals surface area contributed by atoms with Gasteiger partial charge in [-0.05, 0) is 31.5 Å². The smallest absolute Gasteiger partial charge is 0.213 e. The van der Waals surface area contributed by atoms with Crippen LogP contribution in [0.25, 0.3) is 0 Å². The Bertz CT molecular complexity index is 422. The highest BCUT2D eigenvalue weighted by Gasteiger charge is 2.21. The molecule has 1 saturated heterocycles. The van der Waals surface area contributed by atoms with Crippen LogP contribution in [0.2, 0.25) is 0 Å². The zero-order valence-electron chi connectivity index (χ0n) is 9.69. The van der Waals surface area contributed by atoms with E-state index in [0.717, 1.165) is 25.1 Å². The fourth-order valence-corrected chi connectivity index (χ4v) is 3.35. The molecular formula is C11H18N2O3S. The van der Waals surface area contributed by atoms with Gasteiger partial charge in [0.25, 0.3) is 0 Å². The van der Waals surface area contributed by atoms with Gasteiger partial charge in [-0.3, -0.25) is 0 Å². The second-order valence-electron chi connectivity index (χ2n) is 4.30. The highest BCUT2D eigenvalue weighted by atomic mass is 32.2. The first kappa shape index (κ1) is 12.6. The van der Waals surface area contributed by atoms with Crippen molar-refractivity contribution in [2.75, 3.05) is 18.8 Å². The minimum atomic E-state index is -3.17. The summed E-state index contributed by atoms with van der Waals surface area (Å²) in [6, 6.07) is 3.75. The van der Waals surface area contributed by atoms with E-state index in [9.17, 15) is 8.42 Å². The van der Waals surface area contributed by atoms with Crippen LogP contribution < -0.4 is 10.0 Å². The molecule has 5 nitrogen and oxygen atoms in total. The summed E-state index contributed by atoms with van der Waals surface area (Å²) in [6.45, 7) is 1.31. The molecule has 1 unspecified atom stereocenters. The first-order valence-electron chi connectivity index (χ1n) is 5.89. The van der Waals surface area contributed by atoms with E-state index in [1.54, 1.807) is 12.3 Å². The number of hydrogen-bond acceptors (Lipinski definition) is 4. The molecule has 2 heterocycles. The molecule has 0 spiro atoms. The number of nitrogens with one attached hydrogen (secondary N) is 2. The lowest BCUT2D eigenvalue weighted by Gasteiger charge is -2.11. The van der Waals surface area contributed by atoms with Crippen LogP contribution in [-0.4, -0.2) is 33.3 Å². The molecule has 1 aliphatic heterocycles. The zero-order valence-corrected chi connectivity index (χ0v) is 10.5. The molecule has 0 bridgehead atoms. The van der Waals surface area contributed by atoms with Gasteiger partial charge in [0, 0.05) is 19.0 Å². The SMILES string of the molecule is O=S(=O)(CC1CCCN1)NCCc1ccco1. The van der Waals surface area contributed by atoms with E-state index in [4.69, 9.17) is 4.42 Å². The Balaban J connectivity index is 1.73. The van der Waals surface area contributed by atoms with Gasteiger partial charge in [0.1, 0.15) is 5.76 Å². The Morgan fingerprint density at radius 3 is 3.06 bits per heavy atom. The van der Waals surface area contributed by atoms with Crippen molar-refractivity contribution in [2.24, 2.45) is 0 Å². The van der Waals surface area contributed by atoms with Crippen molar-refractivity contribution in [3.05, 3.63) is 24.2 Å². The highest BCUT2D eigenvalue weighted by Crippen LogP contribution is 2.07. The van der Waals surface area contributed by atoms with Gasteiger partial charge in [0.05, 0.1) is 12.0 Å². The third kappa shape index (κ3) is 4.14. The van der Waals surface area contributed by atoms with Gasteiger partial charge < -0.3 is 9.73 Å². The fraction of sp³-hybridized carbons (Fsp3) is 0.636. The predicted molar refractivity (Wildman–Crippen MR) is 65.2 cm³/mol. The highest BCUT2D eigenvalue weighted by molar-refractivity contribution is 7.89. The van der Waals surface area contributed by atoms with Crippen LogP contribution in [0.5, 0.6) is 0 Å². The molecule has 1 aromatic heterocycles. The standard InChI is InChI=1S/C11H18N2O3S/c14-17(15,9-10-3-1-6-12-10)13-7-5-11-4-2-8-16-11/h2,4,8,10,12-13H,1,3,5-7,9H2. The van der Waals surface area contributed by atoms with Gasteiger partial charge in [-0.2, -0.15) is 0 Å². The lowest BCUT2D eigenvalue weighted by Crippen LogP contribution is -2.37. The van der Waals surface area contributed by atoms with Gasteiger partial charge in [-0.25, -0.2) is 13.1 Å². The third-order valence-corrected chi connectivity index (χ3v) is 4.34. The molecule has 1 aromatic rings. The van der Waals surface area contributed by atoms with Crippen molar-refractivity contribution in [3.8, 4) is 0 Å². The Morgan fingerprint density at radius 2 is 2.41 bits per heavy atom. The van der Waals surface area contributed by atoms with E-state index >= 15 is 0 Å². The molecule has 0 aliphatic carbocycles. The number of rotatable bonds is 6. The molecule has 0 aromatic carbocycles. The Labute approximate surface area is 102 Å². The van der Waals surface area contributed by atoms with Crippen molar-refractivity contribution < 1.29 is 12.8 Å². The molecule has 6 heteroatoms. The first-order chi connectivity index (χ1) is 8.16. The lowest BCUT2D eigenvalue weighted by atomic mass is 10.3. The normalized spacial score (nSPS) is 20.8. The van der Waals surface area contributed by atoms with Crippen LogP contribution in [0.4, 0.5) is 0 Å². The first-order valence-corrected chi connectivity index (χ1v) is 7.54. The van der Waals surface area contributed by atoms with Crippen LogP contribution in [0.15, 0.2) is 22.8 Å². The molecule has 0 radical (unpaired) electrons. The van der Waals surface area contributed by atoms with Crippen LogP contribution in [0.1, 0.15) is 18.6 Å². The zero-order chi connectivity index (χ0) is 12.1. The molecule has 2 rings (SSSR count). The van der Waals surface area contributed by atoms with Gasteiger partial charge in [0.2, 0.25) is 10.0 Å². The van der Waals surface area contributed by atoms with Crippen molar-refractivity contribution in [1.82, 2.24) is 10.0 Å². The summed E-state index contributed by atoms with van der Waals surface area (Å²) < 4.78 is 31.2. The Hall–Kier alpha value is -0.850. The van der Waals surface area contributed by atoms with Crippen LogP contribution >= 0.6 is 0 Å². The van der Waals surface area contributed by atoms with Crippen LogP contribution in [0, 0.1) is 0 Å². The fourth-order valence-electron chi connectivity index (χ4n) is 2.01. The molecule has 2 N–H and O–H groups in total. The number of furan rings is 1. The van der Waals surface area contributed by atoms with E-state index in [-0.39, 0.29) is 11.8 Å². The maximum Gasteiger partial charge on any atom is 0.213 e. The summed E-state index contributed by atoms with van der Waals surface area (Å²) in [7, 11) is -3.17. The molecule has 0 saturated carbocycles. The third-order valence-electron chi connectivity index (χ3n) is 2.86. The molecule has 0 amide bonds. The second kappa shape index (κ2) is 5.66. The monoisotopic (exact) mass is 258 g/mol. The Kier molecular flexibility index (Phi) is 4.20. The van der Waals surface area contributed by atoms with Gasteiger partial charge >= 0.3 is 0 Å². The topological polar surface area (TPSA) is 71.3 Å². The minimum Gasteiger partial charge on any atom is -0.469 e. The van der Waals surface area contributed by atoms with E-state index in [0.29, 0.717) is 13.0 Å². The summed E-state index contributed by atoms with van der Waals surface area (Å²) >= 11 is 0. The van der Waals surface area contributed by atoms with Crippen LogP contribution in [-0.2, 0) is 16.4 Å². The molecule has 96 valence electrons. The average molecular weight is 258 g/mol. The quantitative estimate of drug-likeness (QED) is 0.779. The average Bonchev–Trinajstić information content (AvgIpc) is 2.89. The number of hydrogen-bond donors (Lipinski definition) is 2. The van der Waals surface area contributed by atoms with Gasteiger partial charge in [-0.1, -0.05) is 0 Å². The van der Waals surface area contributed by atoms with Crippen LogP contribution in [0.3, 0.4) is 0 Å². The van der Waals surface area contributed by atoms with E-state index in [1.807, 2.05) is 6.07 Å². The molecule has 1 fully saturated rings. The summed E-state index contributed by atoms with van der Waals surface area (Å²) in [5, 5.41) is 3.18. The lowest BCUT2D eigenvalue weighted by molar-refractivity contribution is 0.505. The minimum absolute atomic E-state index is 0.108. The summed E-state index contributed by atoms with van der Waals surface area (Å²) in [5.74, 6) is 0.970. The maximum absolute atomic E-state index is 11.7. The molecule has 17 heavy (non-hydrogen) atoms.